The lowest BCUT2D eigenvalue weighted by molar-refractivity contribution is 0.0440. The van der Waals surface area contributed by atoms with E-state index in [4.69, 9.17) is 4.74 Å². The molecule has 0 spiro atoms. The summed E-state index contributed by atoms with van der Waals surface area (Å²) in [6.07, 6.45) is 10.7. The molecule has 2 amide bonds. The Kier molecular flexibility index (Phi) is 9.30. The van der Waals surface area contributed by atoms with Crippen LogP contribution in [0.1, 0.15) is 36.8 Å². The summed E-state index contributed by atoms with van der Waals surface area (Å²) in [5.74, 6) is 0.955. The molecule has 1 aliphatic heterocycles. The molecule has 0 radical (unpaired) electrons. The number of methoxy groups -OCH3 is 1. The SMILES string of the molecule is COc1ncc(-c2cnc(N(C(=O)NCc3ccccc3)C3CCC(Nc4ncc(C#N)c(N5CC(F)(CO)C5)n4)CC3)nc2)cn1. The van der Waals surface area contributed by atoms with Gasteiger partial charge in [-0.1, -0.05) is 30.3 Å². The Hall–Kier alpha value is -5.49. The smallest absolute Gasteiger partial charge is 0.324 e. The summed E-state index contributed by atoms with van der Waals surface area (Å²) in [5.41, 5.74) is 0.920. The van der Waals surface area contributed by atoms with Crippen LogP contribution in [0.4, 0.5) is 26.9 Å². The third kappa shape index (κ3) is 7.17. The monoisotopic (exact) mass is 639 g/mol. The highest BCUT2D eigenvalue weighted by atomic mass is 19.1. The number of anilines is 3. The second-order valence-corrected chi connectivity index (χ2v) is 11.6. The van der Waals surface area contributed by atoms with Crippen molar-refractivity contribution in [2.45, 2.75) is 50.0 Å². The van der Waals surface area contributed by atoms with Gasteiger partial charge in [0.05, 0.1) is 33.0 Å². The van der Waals surface area contributed by atoms with Crippen LogP contribution in [-0.2, 0) is 6.54 Å². The van der Waals surface area contributed by atoms with Crippen molar-refractivity contribution in [1.29, 1.82) is 5.26 Å². The number of hydrogen-bond donors (Lipinski definition) is 3. The summed E-state index contributed by atoms with van der Waals surface area (Å²) < 4.78 is 19.4. The van der Waals surface area contributed by atoms with Crippen LogP contribution in [0.2, 0.25) is 0 Å². The summed E-state index contributed by atoms with van der Waals surface area (Å²) >= 11 is 0. The van der Waals surface area contributed by atoms with Crippen molar-refractivity contribution in [3.05, 3.63) is 72.4 Å². The van der Waals surface area contributed by atoms with Crippen LogP contribution in [0, 0.1) is 11.3 Å². The van der Waals surface area contributed by atoms with E-state index >= 15 is 0 Å². The Labute approximate surface area is 270 Å². The van der Waals surface area contributed by atoms with Gasteiger partial charge in [0.15, 0.2) is 11.5 Å². The fourth-order valence-electron chi connectivity index (χ4n) is 5.75. The number of halogens is 1. The minimum Gasteiger partial charge on any atom is -0.467 e. The van der Waals surface area contributed by atoms with Gasteiger partial charge in [-0.25, -0.2) is 34.1 Å². The van der Waals surface area contributed by atoms with Crippen LogP contribution in [0.25, 0.3) is 11.1 Å². The number of aromatic nitrogens is 6. The van der Waals surface area contributed by atoms with Gasteiger partial charge in [-0.05, 0) is 31.2 Å². The van der Waals surface area contributed by atoms with Gasteiger partial charge in [0.25, 0.3) is 0 Å². The maximum absolute atomic E-state index is 14.3. The molecule has 2 fully saturated rings. The van der Waals surface area contributed by atoms with E-state index in [1.54, 1.807) is 34.6 Å². The van der Waals surface area contributed by atoms with Crippen molar-refractivity contribution in [2.75, 3.05) is 41.9 Å². The van der Waals surface area contributed by atoms with Crippen LogP contribution in [0.3, 0.4) is 0 Å². The van der Waals surface area contributed by atoms with Gasteiger partial charge < -0.3 is 25.4 Å². The predicted molar refractivity (Wildman–Crippen MR) is 170 cm³/mol. The number of nitriles is 1. The Morgan fingerprint density at radius 3 is 2.32 bits per heavy atom. The highest BCUT2D eigenvalue weighted by Crippen LogP contribution is 2.33. The summed E-state index contributed by atoms with van der Waals surface area (Å²) in [4.78, 5) is 43.1. The molecule has 0 bridgehead atoms. The summed E-state index contributed by atoms with van der Waals surface area (Å²) in [6.45, 7) is -0.317. The Morgan fingerprint density at radius 2 is 1.70 bits per heavy atom. The quantitative estimate of drug-likeness (QED) is 0.231. The lowest BCUT2D eigenvalue weighted by atomic mass is 9.90. The minimum atomic E-state index is -1.70. The standard InChI is InChI=1S/C32H34FN11O3/c1-47-30-38-16-24(17-39-30)23-14-36-29(37-15-23)44(31(46)40-12-21-5-3-2-4-6-21)26-9-7-25(8-10-26)41-28-35-13-22(11-34)27(42-28)43-18-32(33,19-43)20-45/h2-6,13-17,25-26,45H,7-10,12,18-20H2,1H3,(H,40,46)(H,35,41,42). The van der Waals surface area contributed by atoms with Crippen molar-refractivity contribution < 1.29 is 19.0 Å². The molecule has 0 atom stereocenters. The van der Waals surface area contributed by atoms with Gasteiger partial charge in [-0.15, -0.1) is 0 Å². The highest BCUT2D eigenvalue weighted by Gasteiger charge is 2.44. The molecular weight excluding hydrogens is 605 g/mol. The Bertz CT molecular complexity index is 1710. The maximum Gasteiger partial charge on any atom is 0.324 e. The van der Waals surface area contributed by atoms with Crippen molar-refractivity contribution >= 4 is 23.7 Å². The Balaban J connectivity index is 1.15. The van der Waals surface area contributed by atoms with Crippen LogP contribution in [0.15, 0.2) is 61.3 Å². The van der Waals surface area contributed by atoms with Crippen molar-refractivity contribution in [3.63, 3.8) is 0 Å². The summed E-state index contributed by atoms with van der Waals surface area (Å²) in [6, 6.07) is 11.5. The molecular formula is C32H34FN11O3. The number of hydrogen-bond acceptors (Lipinski definition) is 12. The fraction of sp³-hybridized carbons (Fsp3) is 0.375. The molecule has 0 unspecified atom stereocenters. The molecule has 4 heterocycles. The highest BCUT2D eigenvalue weighted by molar-refractivity contribution is 5.90. The van der Waals surface area contributed by atoms with Crippen LogP contribution >= 0.6 is 0 Å². The second-order valence-electron chi connectivity index (χ2n) is 11.6. The largest absolute Gasteiger partial charge is 0.467 e. The van der Waals surface area contributed by atoms with E-state index < -0.39 is 12.3 Å². The number of rotatable bonds is 10. The van der Waals surface area contributed by atoms with E-state index in [1.807, 2.05) is 30.3 Å². The van der Waals surface area contributed by atoms with E-state index in [1.165, 1.54) is 13.3 Å². The molecule has 3 aromatic heterocycles. The number of carbonyl (C=O) groups is 1. The molecule has 1 aliphatic carbocycles. The number of aliphatic hydroxyl groups is 1. The first-order chi connectivity index (χ1) is 22.9. The topological polar surface area (TPSA) is 178 Å². The average molecular weight is 640 g/mol. The van der Waals surface area contributed by atoms with Crippen LogP contribution < -0.4 is 25.2 Å². The lowest BCUT2D eigenvalue weighted by Gasteiger charge is -2.44. The first-order valence-electron chi connectivity index (χ1n) is 15.3. The molecule has 47 heavy (non-hydrogen) atoms. The number of amides is 2. The van der Waals surface area contributed by atoms with E-state index in [0.29, 0.717) is 55.1 Å². The second kappa shape index (κ2) is 13.9. The van der Waals surface area contributed by atoms with Gasteiger partial charge in [-0.3, -0.25) is 4.90 Å². The van der Waals surface area contributed by atoms with Crippen LogP contribution in [-0.4, -0.2) is 85.6 Å². The van der Waals surface area contributed by atoms with E-state index in [-0.39, 0.29) is 48.7 Å². The normalized spacial score (nSPS) is 18.4. The fourth-order valence-corrected chi connectivity index (χ4v) is 5.75. The van der Waals surface area contributed by atoms with E-state index in [9.17, 15) is 19.6 Å². The molecule has 3 N–H and O–H groups in total. The minimum absolute atomic E-state index is 0.00808. The molecule has 242 valence electrons. The number of ether oxygens (including phenoxy) is 1. The first-order valence-corrected chi connectivity index (χ1v) is 15.3. The van der Waals surface area contributed by atoms with E-state index in [0.717, 1.165) is 5.56 Å². The first kappa shape index (κ1) is 31.5. The van der Waals surface area contributed by atoms with E-state index in [2.05, 4.69) is 46.6 Å². The van der Waals surface area contributed by atoms with Gasteiger partial charge in [0.1, 0.15) is 11.6 Å². The van der Waals surface area contributed by atoms with Gasteiger partial charge in [0.2, 0.25) is 11.9 Å². The third-order valence-corrected chi connectivity index (χ3v) is 8.32. The number of nitrogens with zero attached hydrogens (tertiary/aromatic N) is 9. The number of benzene rings is 1. The molecule has 1 saturated heterocycles. The van der Waals surface area contributed by atoms with Crippen molar-refractivity contribution in [2.24, 2.45) is 0 Å². The zero-order valence-electron chi connectivity index (χ0n) is 25.8. The van der Waals surface area contributed by atoms with Crippen molar-refractivity contribution in [1.82, 2.24) is 35.2 Å². The predicted octanol–water partition coefficient (Wildman–Crippen LogP) is 3.26. The number of carbonyl (C=O) groups excluding carboxylic acids is 1. The molecule has 14 nitrogen and oxygen atoms in total. The number of alkyl halides is 1. The average Bonchev–Trinajstić information content (AvgIpc) is 3.11. The molecule has 6 rings (SSSR count). The van der Waals surface area contributed by atoms with Gasteiger partial charge >= 0.3 is 12.0 Å². The molecule has 4 aromatic rings. The third-order valence-electron chi connectivity index (χ3n) is 8.32. The molecule has 1 saturated carbocycles. The van der Waals surface area contributed by atoms with Crippen LogP contribution in [0.5, 0.6) is 6.01 Å². The molecule has 2 aliphatic rings. The lowest BCUT2D eigenvalue weighted by Crippen LogP contribution is -2.61. The molecule has 1 aromatic carbocycles. The number of nitrogens with one attached hydrogen (secondary N) is 2. The van der Waals surface area contributed by atoms with Crippen molar-refractivity contribution in [3.8, 4) is 23.2 Å². The maximum atomic E-state index is 14.3. The zero-order chi connectivity index (χ0) is 32.8. The molecule has 15 heteroatoms. The summed E-state index contributed by atoms with van der Waals surface area (Å²) in [5, 5.41) is 25.2. The number of aliphatic hydroxyl groups excluding tert-OH is 1. The van der Waals surface area contributed by atoms with Gasteiger partial charge in [0, 0.05) is 54.5 Å². The Morgan fingerprint density at radius 1 is 1.04 bits per heavy atom. The zero-order valence-corrected chi connectivity index (χ0v) is 25.8. The van der Waals surface area contributed by atoms with Gasteiger partial charge in [-0.2, -0.15) is 10.2 Å². The number of urea groups is 1. The summed E-state index contributed by atoms with van der Waals surface area (Å²) in [7, 11) is 1.50.